The van der Waals surface area contributed by atoms with Crippen molar-refractivity contribution in [1.82, 2.24) is 4.72 Å². The van der Waals surface area contributed by atoms with Crippen molar-refractivity contribution in [3.63, 3.8) is 0 Å². The van der Waals surface area contributed by atoms with Gasteiger partial charge in [0.05, 0.1) is 11.4 Å². The highest BCUT2D eigenvalue weighted by atomic mass is 32.2. The van der Waals surface area contributed by atoms with Crippen LogP contribution in [0.5, 0.6) is 0 Å². The summed E-state index contributed by atoms with van der Waals surface area (Å²) in [5, 5.41) is 2.79. The Morgan fingerprint density at radius 3 is 2.39 bits per heavy atom. The van der Waals surface area contributed by atoms with Gasteiger partial charge in [-0.25, -0.2) is 13.1 Å². The van der Waals surface area contributed by atoms with Crippen LogP contribution in [0.4, 0.5) is 5.69 Å². The predicted octanol–water partition coefficient (Wildman–Crippen LogP) is 2.47. The molecule has 0 spiro atoms. The van der Waals surface area contributed by atoms with Gasteiger partial charge >= 0.3 is 0 Å². The molecule has 2 aromatic carbocycles. The van der Waals surface area contributed by atoms with E-state index in [-0.39, 0.29) is 11.4 Å². The van der Waals surface area contributed by atoms with E-state index < -0.39 is 15.9 Å². The molecule has 0 aliphatic rings. The fourth-order valence-corrected chi connectivity index (χ4v) is 3.23. The van der Waals surface area contributed by atoms with E-state index in [0.29, 0.717) is 0 Å². The number of hydrogen-bond acceptors (Lipinski definition) is 3. The summed E-state index contributed by atoms with van der Waals surface area (Å²) in [6.07, 6.45) is 0.785. The summed E-state index contributed by atoms with van der Waals surface area (Å²) in [6, 6.07) is 13.7. The molecule has 0 atom stereocenters. The molecule has 2 aromatic rings. The van der Waals surface area contributed by atoms with E-state index in [4.69, 9.17) is 0 Å². The Hall–Kier alpha value is -2.18. The molecule has 0 aromatic heterocycles. The highest BCUT2D eigenvalue weighted by molar-refractivity contribution is 7.89. The maximum atomic E-state index is 12.1. The summed E-state index contributed by atoms with van der Waals surface area (Å²) >= 11 is 0. The van der Waals surface area contributed by atoms with Crippen molar-refractivity contribution in [2.75, 3.05) is 11.9 Å². The van der Waals surface area contributed by atoms with Crippen LogP contribution >= 0.6 is 0 Å². The monoisotopic (exact) mass is 332 g/mol. The highest BCUT2D eigenvalue weighted by Crippen LogP contribution is 2.20. The van der Waals surface area contributed by atoms with Crippen molar-refractivity contribution in [3.8, 4) is 0 Å². The first-order valence-electron chi connectivity index (χ1n) is 7.37. The SMILES string of the molecule is CCc1cccc(C)c1NC(=O)CNS(=O)(=O)c1ccccc1. The molecule has 6 heteroatoms. The van der Waals surface area contributed by atoms with Gasteiger partial charge in [0.25, 0.3) is 0 Å². The second-order valence-corrected chi connectivity index (χ2v) is 6.92. The number of amides is 1. The van der Waals surface area contributed by atoms with E-state index in [0.717, 1.165) is 23.2 Å². The molecule has 0 aliphatic carbocycles. The Labute approximate surface area is 136 Å². The second-order valence-electron chi connectivity index (χ2n) is 5.15. The zero-order chi connectivity index (χ0) is 16.9. The van der Waals surface area contributed by atoms with Gasteiger partial charge in [0, 0.05) is 5.69 Å². The number of carbonyl (C=O) groups excluding carboxylic acids is 1. The third kappa shape index (κ3) is 4.40. The molecular formula is C17H20N2O3S. The smallest absolute Gasteiger partial charge is 0.241 e. The molecular weight excluding hydrogens is 312 g/mol. The Kier molecular flexibility index (Phi) is 5.52. The first-order chi connectivity index (χ1) is 10.9. The lowest BCUT2D eigenvalue weighted by atomic mass is 10.1. The number of para-hydroxylation sites is 1. The van der Waals surface area contributed by atoms with Gasteiger partial charge in [-0.05, 0) is 36.6 Å². The number of nitrogens with one attached hydrogen (secondary N) is 2. The minimum absolute atomic E-state index is 0.137. The van der Waals surface area contributed by atoms with Crippen LogP contribution in [0.1, 0.15) is 18.1 Å². The van der Waals surface area contributed by atoms with E-state index >= 15 is 0 Å². The number of benzene rings is 2. The molecule has 23 heavy (non-hydrogen) atoms. The number of sulfonamides is 1. The van der Waals surface area contributed by atoms with E-state index in [1.165, 1.54) is 12.1 Å². The van der Waals surface area contributed by atoms with Crippen molar-refractivity contribution in [1.29, 1.82) is 0 Å². The number of anilines is 1. The largest absolute Gasteiger partial charge is 0.324 e. The normalized spacial score (nSPS) is 11.2. The number of hydrogen-bond donors (Lipinski definition) is 2. The van der Waals surface area contributed by atoms with Crippen molar-refractivity contribution in [3.05, 3.63) is 59.7 Å². The van der Waals surface area contributed by atoms with Gasteiger partial charge in [-0.15, -0.1) is 0 Å². The Morgan fingerprint density at radius 2 is 1.74 bits per heavy atom. The molecule has 5 nitrogen and oxygen atoms in total. The molecule has 1 amide bonds. The molecule has 0 aliphatic heterocycles. The average Bonchev–Trinajstić information content (AvgIpc) is 2.56. The van der Waals surface area contributed by atoms with Crippen LogP contribution in [0.25, 0.3) is 0 Å². The molecule has 0 saturated heterocycles. The molecule has 0 unspecified atom stereocenters. The van der Waals surface area contributed by atoms with E-state index in [2.05, 4.69) is 10.0 Å². The Bertz CT molecular complexity index is 787. The molecule has 0 fully saturated rings. The quantitative estimate of drug-likeness (QED) is 0.853. The van der Waals surface area contributed by atoms with Gasteiger partial charge in [-0.3, -0.25) is 4.79 Å². The van der Waals surface area contributed by atoms with Gasteiger partial charge in [0.15, 0.2) is 0 Å². The number of rotatable bonds is 6. The van der Waals surface area contributed by atoms with Crippen LogP contribution in [-0.2, 0) is 21.2 Å². The van der Waals surface area contributed by atoms with Gasteiger partial charge in [0.2, 0.25) is 15.9 Å². The third-order valence-electron chi connectivity index (χ3n) is 3.48. The fraction of sp³-hybridized carbons (Fsp3) is 0.235. The van der Waals surface area contributed by atoms with E-state index in [9.17, 15) is 13.2 Å². The first kappa shape index (κ1) is 17.2. The minimum Gasteiger partial charge on any atom is -0.324 e. The third-order valence-corrected chi connectivity index (χ3v) is 4.90. The maximum Gasteiger partial charge on any atom is 0.241 e. The topological polar surface area (TPSA) is 75.3 Å². The van der Waals surface area contributed by atoms with Crippen LogP contribution in [0, 0.1) is 6.92 Å². The summed E-state index contributed by atoms with van der Waals surface area (Å²) < 4.78 is 26.5. The van der Waals surface area contributed by atoms with Crippen LogP contribution in [0.2, 0.25) is 0 Å². The summed E-state index contributed by atoms with van der Waals surface area (Å²) in [5.74, 6) is -0.395. The second kappa shape index (κ2) is 7.39. The lowest BCUT2D eigenvalue weighted by Crippen LogP contribution is -2.33. The maximum absolute atomic E-state index is 12.1. The van der Waals surface area contributed by atoms with Crippen molar-refractivity contribution in [2.24, 2.45) is 0 Å². The lowest BCUT2D eigenvalue weighted by Gasteiger charge is -2.13. The van der Waals surface area contributed by atoms with Gasteiger partial charge in [0.1, 0.15) is 0 Å². The van der Waals surface area contributed by atoms with E-state index in [1.54, 1.807) is 18.2 Å². The van der Waals surface area contributed by atoms with Crippen molar-refractivity contribution in [2.45, 2.75) is 25.2 Å². The van der Waals surface area contributed by atoms with Gasteiger partial charge < -0.3 is 5.32 Å². The number of carbonyl (C=O) groups is 1. The molecule has 0 bridgehead atoms. The molecule has 122 valence electrons. The average molecular weight is 332 g/mol. The van der Waals surface area contributed by atoms with Crippen LogP contribution in [0.15, 0.2) is 53.4 Å². The zero-order valence-electron chi connectivity index (χ0n) is 13.2. The summed E-state index contributed by atoms with van der Waals surface area (Å²) in [5.41, 5.74) is 2.71. The Morgan fingerprint density at radius 1 is 1.04 bits per heavy atom. The van der Waals surface area contributed by atoms with E-state index in [1.807, 2.05) is 32.0 Å². The molecule has 2 N–H and O–H groups in total. The molecule has 0 saturated carbocycles. The first-order valence-corrected chi connectivity index (χ1v) is 8.85. The Balaban J connectivity index is 2.04. The summed E-state index contributed by atoms with van der Waals surface area (Å²) in [4.78, 5) is 12.2. The minimum atomic E-state index is -3.68. The lowest BCUT2D eigenvalue weighted by molar-refractivity contribution is -0.115. The number of aryl methyl sites for hydroxylation is 2. The van der Waals surface area contributed by atoms with Gasteiger partial charge in [-0.2, -0.15) is 0 Å². The van der Waals surface area contributed by atoms with Crippen LogP contribution in [-0.4, -0.2) is 20.9 Å². The molecule has 0 radical (unpaired) electrons. The predicted molar refractivity (Wildman–Crippen MR) is 90.8 cm³/mol. The standard InChI is InChI=1S/C17H20N2O3S/c1-3-14-9-7-8-13(2)17(14)19-16(20)12-18-23(21,22)15-10-5-4-6-11-15/h4-11,18H,3,12H2,1-2H3,(H,19,20). The molecule has 2 rings (SSSR count). The van der Waals surface area contributed by atoms with Crippen molar-refractivity contribution >= 4 is 21.6 Å². The van der Waals surface area contributed by atoms with Crippen LogP contribution in [0.3, 0.4) is 0 Å². The highest BCUT2D eigenvalue weighted by Gasteiger charge is 2.15. The summed E-state index contributed by atoms with van der Waals surface area (Å²) in [6.45, 7) is 3.60. The van der Waals surface area contributed by atoms with Crippen molar-refractivity contribution < 1.29 is 13.2 Å². The van der Waals surface area contributed by atoms with Gasteiger partial charge in [-0.1, -0.05) is 43.3 Å². The van der Waals surface area contributed by atoms with Crippen LogP contribution < -0.4 is 10.0 Å². The summed E-state index contributed by atoms with van der Waals surface area (Å²) in [7, 11) is -3.68. The fourth-order valence-electron chi connectivity index (χ4n) is 2.23. The molecule has 0 heterocycles. The zero-order valence-corrected chi connectivity index (χ0v) is 14.0.